The maximum absolute atomic E-state index is 12.3. The Morgan fingerprint density at radius 3 is 2.55 bits per heavy atom. The fraction of sp³-hybridized carbons (Fsp3) is 0.375. The Morgan fingerprint density at radius 1 is 1.32 bits per heavy atom. The molecule has 5 nitrogen and oxygen atoms in total. The van der Waals surface area contributed by atoms with Crippen LogP contribution in [-0.2, 0) is 11.3 Å². The number of carbonyl (C=O) groups is 1. The molecular weight excluding hydrogens is 300 g/mol. The van der Waals surface area contributed by atoms with Gasteiger partial charge in [-0.15, -0.1) is 0 Å². The minimum Gasteiger partial charge on any atom is -0.386 e. The summed E-state index contributed by atoms with van der Waals surface area (Å²) in [5, 5.41) is 12.9. The number of amides is 1. The van der Waals surface area contributed by atoms with E-state index in [2.05, 4.69) is 10.2 Å². The molecule has 0 aliphatic carbocycles. The van der Waals surface area contributed by atoms with E-state index in [9.17, 15) is 10.1 Å². The number of benzene rings is 1. The third-order valence-electron chi connectivity index (χ3n) is 3.61. The van der Waals surface area contributed by atoms with Gasteiger partial charge in [-0.1, -0.05) is 23.7 Å². The van der Waals surface area contributed by atoms with Gasteiger partial charge < -0.3 is 15.1 Å². The lowest BCUT2D eigenvalue weighted by Gasteiger charge is -2.32. The van der Waals surface area contributed by atoms with Crippen LogP contribution >= 0.6 is 11.6 Å². The van der Waals surface area contributed by atoms with E-state index in [-0.39, 0.29) is 11.5 Å². The molecule has 0 bridgehead atoms. The van der Waals surface area contributed by atoms with Crippen LogP contribution < -0.4 is 5.32 Å². The van der Waals surface area contributed by atoms with Crippen molar-refractivity contribution in [3.8, 4) is 6.07 Å². The largest absolute Gasteiger partial charge is 0.386 e. The molecule has 1 aromatic carbocycles. The molecule has 1 aromatic rings. The van der Waals surface area contributed by atoms with E-state index in [0.29, 0.717) is 24.7 Å². The Bertz CT molecular complexity index is 583. The van der Waals surface area contributed by atoms with E-state index < -0.39 is 0 Å². The van der Waals surface area contributed by atoms with E-state index >= 15 is 0 Å². The van der Waals surface area contributed by atoms with Crippen molar-refractivity contribution in [3.63, 3.8) is 0 Å². The molecule has 22 heavy (non-hydrogen) atoms. The average Bonchev–Trinajstić information content (AvgIpc) is 2.53. The summed E-state index contributed by atoms with van der Waals surface area (Å²) < 4.78 is 0. The highest BCUT2D eigenvalue weighted by atomic mass is 35.5. The summed E-state index contributed by atoms with van der Waals surface area (Å²) in [5.41, 5.74) is 1.17. The van der Waals surface area contributed by atoms with Crippen molar-refractivity contribution in [2.45, 2.75) is 6.54 Å². The highest BCUT2D eigenvalue weighted by Crippen LogP contribution is 2.09. The monoisotopic (exact) mass is 318 g/mol. The van der Waals surface area contributed by atoms with Crippen molar-refractivity contribution < 1.29 is 4.79 Å². The van der Waals surface area contributed by atoms with Crippen LogP contribution in [-0.4, -0.2) is 48.9 Å². The van der Waals surface area contributed by atoms with Crippen molar-refractivity contribution in [1.82, 2.24) is 15.1 Å². The fourth-order valence-corrected chi connectivity index (χ4v) is 2.32. The number of hydrogen-bond donors (Lipinski definition) is 1. The molecule has 0 radical (unpaired) electrons. The first-order valence-corrected chi connectivity index (χ1v) is 7.54. The SMILES string of the molecule is CN1CCN(C(=O)/C(C#N)=C\NCc2ccc(Cl)cc2)CC1. The first-order chi connectivity index (χ1) is 10.6. The van der Waals surface area contributed by atoms with Gasteiger partial charge in [0.05, 0.1) is 0 Å². The summed E-state index contributed by atoms with van der Waals surface area (Å²) in [6.07, 6.45) is 1.50. The van der Waals surface area contributed by atoms with Gasteiger partial charge in [-0.25, -0.2) is 0 Å². The lowest BCUT2D eigenvalue weighted by Crippen LogP contribution is -2.47. The van der Waals surface area contributed by atoms with Crippen molar-refractivity contribution >= 4 is 17.5 Å². The van der Waals surface area contributed by atoms with Crippen molar-refractivity contribution in [2.24, 2.45) is 0 Å². The molecule has 116 valence electrons. The van der Waals surface area contributed by atoms with Gasteiger partial charge in [-0.05, 0) is 24.7 Å². The minimum atomic E-state index is -0.209. The third kappa shape index (κ3) is 4.48. The molecule has 0 atom stereocenters. The minimum absolute atomic E-state index is 0.138. The first kappa shape index (κ1) is 16.3. The van der Waals surface area contributed by atoms with Crippen LogP contribution in [0.2, 0.25) is 5.02 Å². The Morgan fingerprint density at radius 2 is 1.95 bits per heavy atom. The van der Waals surface area contributed by atoms with Gasteiger partial charge in [0.15, 0.2) is 0 Å². The zero-order valence-electron chi connectivity index (χ0n) is 12.6. The summed E-state index contributed by atoms with van der Waals surface area (Å²) in [5.74, 6) is -0.209. The number of nitrogens with zero attached hydrogens (tertiary/aromatic N) is 3. The predicted molar refractivity (Wildman–Crippen MR) is 86.1 cm³/mol. The summed E-state index contributed by atoms with van der Waals surface area (Å²) in [7, 11) is 2.02. The number of likely N-dealkylation sites (N-methyl/N-ethyl adjacent to an activating group) is 1. The Hall–Kier alpha value is -2.03. The number of rotatable bonds is 4. The predicted octanol–water partition coefficient (Wildman–Crippen LogP) is 1.61. The van der Waals surface area contributed by atoms with Crippen LogP contribution in [0.1, 0.15) is 5.56 Å². The topological polar surface area (TPSA) is 59.4 Å². The number of piperazine rings is 1. The summed E-state index contributed by atoms with van der Waals surface area (Å²) >= 11 is 5.83. The smallest absolute Gasteiger partial charge is 0.266 e. The number of carbonyl (C=O) groups excluding carboxylic acids is 1. The molecule has 0 aromatic heterocycles. The van der Waals surface area contributed by atoms with E-state index in [1.807, 2.05) is 37.4 Å². The van der Waals surface area contributed by atoms with E-state index in [1.54, 1.807) is 4.90 Å². The molecule has 0 spiro atoms. The average molecular weight is 319 g/mol. The maximum Gasteiger partial charge on any atom is 0.266 e. The standard InChI is InChI=1S/C16H19ClN4O/c1-20-6-8-21(9-7-20)16(22)14(10-18)12-19-11-13-2-4-15(17)5-3-13/h2-5,12,19H,6-9,11H2,1H3/b14-12-. The molecule has 6 heteroatoms. The van der Waals surface area contributed by atoms with Crippen molar-refractivity contribution in [2.75, 3.05) is 33.2 Å². The molecule has 2 rings (SSSR count). The molecule has 1 aliphatic heterocycles. The van der Waals surface area contributed by atoms with E-state index in [4.69, 9.17) is 11.6 Å². The molecule has 1 heterocycles. The van der Waals surface area contributed by atoms with Gasteiger partial charge >= 0.3 is 0 Å². The molecule has 0 unspecified atom stereocenters. The normalized spacial score (nSPS) is 16.2. The lowest BCUT2D eigenvalue weighted by atomic mass is 10.2. The van der Waals surface area contributed by atoms with Gasteiger partial charge in [0, 0.05) is 43.9 Å². The van der Waals surface area contributed by atoms with Crippen LogP contribution in [0.5, 0.6) is 0 Å². The van der Waals surface area contributed by atoms with E-state index in [0.717, 1.165) is 18.7 Å². The van der Waals surface area contributed by atoms with Crippen LogP contribution in [0, 0.1) is 11.3 Å². The summed E-state index contributed by atoms with van der Waals surface area (Å²) in [6.45, 7) is 3.53. The van der Waals surface area contributed by atoms with Crippen LogP contribution in [0.4, 0.5) is 0 Å². The van der Waals surface area contributed by atoms with Crippen LogP contribution in [0.3, 0.4) is 0 Å². The van der Waals surface area contributed by atoms with Gasteiger partial charge in [-0.3, -0.25) is 4.79 Å². The second kappa shape index (κ2) is 7.83. The van der Waals surface area contributed by atoms with Gasteiger partial charge in [0.1, 0.15) is 11.6 Å². The fourth-order valence-electron chi connectivity index (χ4n) is 2.19. The second-order valence-corrected chi connectivity index (χ2v) is 5.71. The van der Waals surface area contributed by atoms with Crippen molar-refractivity contribution in [3.05, 3.63) is 46.6 Å². The Kier molecular flexibility index (Phi) is 5.82. The lowest BCUT2D eigenvalue weighted by molar-refractivity contribution is -0.128. The summed E-state index contributed by atoms with van der Waals surface area (Å²) in [6, 6.07) is 9.40. The van der Waals surface area contributed by atoms with Gasteiger partial charge in [-0.2, -0.15) is 5.26 Å². The van der Waals surface area contributed by atoms with Gasteiger partial charge in [0.25, 0.3) is 5.91 Å². The third-order valence-corrected chi connectivity index (χ3v) is 3.86. The Labute approximate surface area is 135 Å². The summed E-state index contributed by atoms with van der Waals surface area (Å²) in [4.78, 5) is 16.2. The Balaban J connectivity index is 1.91. The molecular formula is C16H19ClN4O. The maximum atomic E-state index is 12.3. The molecule has 1 fully saturated rings. The van der Waals surface area contributed by atoms with Crippen LogP contribution in [0.25, 0.3) is 0 Å². The van der Waals surface area contributed by atoms with Crippen molar-refractivity contribution in [1.29, 1.82) is 5.26 Å². The number of nitrogens with one attached hydrogen (secondary N) is 1. The number of hydrogen-bond acceptors (Lipinski definition) is 4. The van der Waals surface area contributed by atoms with Crippen LogP contribution in [0.15, 0.2) is 36.0 Å². The number of halogens is 1. The zero-order valence-corrected chi connectivity index (χ0v) is 13.3. The molecule has 0 saturated carbocycles. The second-order valence-electron chi connectivity index (χ2n) is 5.27. The highest BCUT2D eigenvalue weighted by Gasteiger charge is 2.21. The van der Waals surface area contributed by atoms with E-state index in [1.165, 1.54) is 6.20 Å². The number of nitriles is 1. The quantitative estimate of drug-likeness (QED) is 0.677. The highest BCUT2D eigenvalue weighted by molar-refractivity contribution is 6.30. The van der Waals surface area contributed by atoms with Gasteiger partial charge in [0.2, 0.25) is 0 Å². The molecule has 1 N–H and O–H groups in total. The molecule has 1 saturated heterocycles. The first-order valence-electron chi connectivity index (χ1n) is 7.16. The zero-order chi connectivity index (χ0) is 15.9. The molecule has 1 aliphatic rings. The molecule has 1 amide bonds.